The van der Waals surface area contributed by atoms with E-state index in [0.29, 0.717) is 32.8 Å². The summed E-state index contributed by atoms with van der Waals surface area (Å²) in [6, 6.07) is 15.4. The van der Waals surface area contributed by atoms with Crippen molar-refractivity contribution in [2.75, 3.05) is 12.4 Å². The predicted octanol–water partition coefficient (Wildman–Crippen LogP) is 3.71. The summed E-state index contributed by atoms with van der Waals surface area (Å²) < 4.78 is 37.9. The molecule has 13 heteroatoms. The van der Waals surface area contributed by atoms with Crippen molar-refractivity contribution in [2.24, 2.45) is 10.2 Å². The molecular weight excluding hydrogens is 576 g/mol. The largest absolute Gasteiger partial charge is 1.00 e. The Bertz CT molecular complexity index is 1710. The topological polar surface area (TPSA) is 140 Å². The summed E-state index contributed by atoms with van der Waals surface area (Å²) in [4.78, 5) is 12.7. The van der Waals surface area contributed by atoms with E-state index < -0.39 is 26.7 Å². The van der Waals surface area contributed by atoms with Gasteiger partial charge in [0.25, 0.3) is 16.0 Å². The summed E-state index contributed by atoms with van der Waals surface area (Å²) in [7, 11) is -3.12. The zero-order valence-electron chi connectivity index (χ0n) is 21.0. The number of fused-ring (bicyclic) bond motifs is 1. The number of rotatable bonds is 7. The van der Waals surface area contributed by atoms with E-state index in [9.17, 15) is 22.9 Å². The van der Waals surface area contributed by atoms with E-state index in [1.165, 1.54) is 25.3 Å². The van der Waals surface area contributed by atoms with Crippen molar-refractivity contribution in [3.63, 3.8) is 0 Å². The van der Waals surface area contributed by atoms with E-state index in [1.54, 1.807) is 43.3 Å². The van der Waals surface area contributed by atoms with Crippen molar-refractivity contribution in [3.05, 3.63) is 81.8 Å². The average Bonchev–Trinajstić information content (AvgIpc) is 2.88. The van der Waals surface area contributed by atoms with Crippen LogP contribution in [0, 0.1) is 0 Å². The van der Waals surface area contributed by atoms with Crippen LogP contribution in [0.25, 0.3) is 10.8 Å². The van der Waals surface area contributed by atoms with Crippen LogP contribution in [-0.4, -0.2) is 26.0 Å². The van der Waals surface area contributed by atoms with E-state index in [1.807, 2.05) is 0 Å². The molecule has 9 nitrogen and oxygen atoms in total. The number of anilines is 1. The van der Waals surface area contributed by atoms with Gasteiger partial charge in [-0.2, -0.15) is 18.6 Å². The molecule has 4 rings (SSSR count). The molecule has 0 radical (unpaired) electrons. The monoisotopic (exact) mass is 595 g/mol. The van der Waals surface area contributed by atoms with Crippen LogP contribution in [0.3, 0.4) is 0 Å². The zero-order chi connectivity index (χ0) is 27.6. The number of carbonyl (C=O) groups is 1. The summed E-state index contributed by atoms with van der Waals surface area (Å²) in [5.74, 6) is -1.04. The first-order valence-electron chi connectivity index (χ1n) is 11.1. The summed E-state index contributed by atoms with van der Waals surface area (Å²) >= 11 is 12.2. The number of halogens is 2. The summed E-state index contributed by atoms with van der Waals surface area (Å²) in [6.45, 7) is 1.72. The van der Waals surface area contributed by atoms with Gasteiger partial charge in [0.05, 0.1) is 29.2 Å². The maximum Gasteiger partial charge on any atom is 1.00 e. The van der Waals surface area contributed by atoms with Crippen LogP contribution < -0.4 is 44.7 Å². The second kappa shape index (κ2) is 12.6. The Balaban J connectivity index is 0.00000420. The second-order valence-electron chi connectivity index (χ2n) is 8.03. The van der Waals surface area contributed by atoms with Gasteiger partial charge in [-0.25, -0.2) is 0 Å². The maximum atomic E-state index is 13.4. The van der Waals surface area contributed by atoms with Crippen molar-refractivity contribution in [1.82, 2.24) is 0 Å². The Morgan fingerprint density at radius 1 is 1.08 bits per heavy atom. The molecule has 4 aromatic carbocycles. The molecule has 2 N–H and O–H groups in total. The minimum atomic E-state index is -4.55. The summed E-state index contributed by atoms with van der Waals surface area (Å²) in [5.41, 5.74) is 0.567. The van der Waals surface area contributed by atoms with Gasteiger partial charge in [-0.3, -0.25) is 9.35 Å². The number of nitrogens with one attached hydrogen (secondary N) is 1. The number of carbonyl (C=O) groups excluding carboxylic acids is 1. The van der Waals surface area contributed by atoms with Crippen molar-refractivity contribution in [3.8, 4) is 11.5 Å². The maximum absolute atomic E-state index is 13.4. The van der Waals surface area contributed by atoms with E-state index in [-0.39, 0.29) is 57.9 Å². The Morgan fingerprint density at radius 2 is 1.79 bits per heavy atom. The Labute approximate surface area is 256 Å². The molecule has 0 saturated carbocycles. The van der Waals surface area contributed by atoms with Crippen LogP contribution in [0.1, 0.15) is 22.8 Å². The van der Waals surface area contributed by atoms with Crippen molar-refractivity contribution >= 4 is 67.1 Å². The van der Waals surface area contributed by atoms with Crippen molar-refractivity contribution < 1.29 is 57.2 Å². The first-order valence-corrected chi connectivity index (χ1v) is 13.3. The number of hydrogen-bond donors (Lipinski definition) is 2. The average molecular weight is 596 g/mol. The van der Waals surface area contributed by atoms with Gasteiger partial charge in [-0.05, 0) is 47.7 Å². The van der Waals surface area contributed by atoms with Crippen molar-refractivity contribution in [1.29, 1.82) is 0 Å². The van der Waals surface area contributed by atoms with Gasteiger partial charge in [-0.15, -0.1) is 0 Å². The van der Waals surface area contributed by atoms with Gasteiger partial charge in [0.1, 0.15) is 10.6 Å². The number of hydrogen-bond acceptors (Lipinski definition) is 7. The summed E-state index contributed by atoms with van der Waals surface area (Å²) in [5, 5.41) is 25.7. The van der Waals surface area contributed by atoms with Gasteiger partial charge in [0.2, 0.25) is 0 Å². The molecule has 0 heterocycles. The first-order chi connectivity index (χ1) is 18.0. The third-order valence-corrected chi connectivity index (χ3v) is 7.38. The van der Waals surface area contributed by atoms with Gasteiger partial charge < -0.3 is 15.2 Å². The molecular formula is C26H20Cl2N3NaO6S. The molecule has 1 amide bonds. The van der Waals surface area contributed by atoms with Crippen LogP contribution >= 0.6 is 23.2 Å². The van der Waals surface area contributed by atoms with E-state index >= 15 is 0 Å². The fraction of sp³-hybridized carbons (Fsp3) is 0.115. The molecule has 0 unspecified atom stereocenters. The fourth-order valence-electron chi connectivity index (χ4n) is 3.86. The van der Waals surface area contributed by atoms with Crippen LogP contribution in [0.15, 0.2) is 75.8 Å². The number of ether oxygens (including phenoxy) is 1. The molecule has 0 atom stereocenters. The van der Waals surface area contributed by atoms with E-state index in [2.05, 4.69) is 15.5 Å². The molecule has 196 valence electrons. The first kappa shape index (κ1) is 30.8. The smallest absolute Gasteiger partial charge is 0.870 e. The zero-order valence-corrected chi connectivity index (χ0v) is 25.4. The molecule has 0 saturated heterocycles. The number of azo groups is 1. The minimum Gasteiger partial charge on any atom is -0.870 e. The fourth-order valence-corrected chi connectivity index (χ4v) is 5.20. The molecule has 0 aliphatic rings. The number of amides is 1. The predicted molar refractivity (Wildman–Crippen MR) is 144 cm³/mol. The molecule has 0 aliphatic carbocycles. The molecule has 0 fully saturated rings. The van der Waals surface area contributed by atoms with Crippen LogP contribution in [0.4, 0.5) is 17.1 Å². The van der Waals surface area contributed by atoms with Gasteiger partial charge in [0.15, 0.2) is 0 Å². The molecule has 39 heavy (non-hydrogen) atoms. The van der Waals surface area contributed by atoms with Crippen LogP contribution in [0.5, 0.6) is 11.5 Å². The number of nitrogens with zero attached hydrogens (tertiary/aromatic N) is 2. The molecule has 0 aromatic heterocycles. The quantitative estimate of drug-likeness (QED) is 0.189. The molecule has 0 bridgehead atoms. The van der Waals surface area contributed by atoms with Crippen LogP contribution in [-0.2, 0) is 16.5 Å². The normalized spacial score (nSPS) is 11.4. The molecule has 0 aliphatic heterocycles. The van der Waals surface area contributed by atoms with Crippen molar-refractivity contribution in [2.45, 2.75) is 18.2 Å². The third kappa shape index (κ3) is 6.55. The minimum absolute atomic E-state index is 0. The van der Waals surface area contributed by atoms with Crippen LogP contribution in [0.2, 0.25) is 10.0 Å². The standard InChI is InChI=1S/C26H21Cl2N3O6S.Na/c1-3-16-19(10-11-22(23(16)28)38(34,35)36)30-31-24-17-7-5-4-6-14(17)12-18(25(24)32)26(33)29-20-9-8-15(27)13-21(20)37-2;/h4-13,32H,3H2,1-2H3,(H,29,33)(H,34,35,36);/q;+1/p-1. The molecule has 0 spiro atoms. The Morgan fingerprint density at radius 3 is 2.46 bits per heavy atom. The van der Waals surface area contributed by atoms with Gasteiger partial charge in [-0.1, -0.05) is 60.1 Å². The number of methoxy groups -OCH3 is 1. The summed E-state index contributed by atoms with van der Waals surface area (Å²) in [6.07, 6.45) is 0.271. The van der Waals surface area contributed by atoms with Gasteiger partial charge >= 0.3 is 29.6 Å². The SMILES string of the molecule is CCc1c(N=Nc2c([O-])c(C(=O)Nc3ccc(Cl)cc3OC)cc3ccccc23)ccc(S(=O)(=O)O)c1Cl.[Na+]. The molecule has 4 aromatic rings. The van der Waals surface area contributed by atoms with E-state index in [0.717, 1.165) is 6.07 Å². The number of benzene rings is 4. The van der Waals surface area contributed by atoms with E-state index in [4.69, 9.17) is 27.9 Å². The third-order valence-electron chi connectivity index (χ3n) is 5.70. The Hall–Kier alpha value is -2.70. The Kier molecular flexibility index (Phi) is 10.0. The van der Waals surface area contributed by atoms with Gasteiger partial charge in [0, 0.05) is 22.0 Å². The second-order valence-corrected chi connectivity index (χ2v) is 10.2.